The summed E-state index contributed by atoms with van der Waals surface area (Å²) in [6.07, 6.45) is 0. The zero-order valence-electron chi connectivity index (χ0n) is 9.57. The first-order valence-electron chi connectivity index (χ1n) is 5.02. The quantitative estimate of drug-likeness (QED) is 0.925. The van der Waals surface area contributed by atoms with E-state index in [4.69, 9.17) is 5.26 Å². The number of nitrogens with one attached hydrogen (secondary N) is 1. The van der Waals surface area contributed by atoms with Gasteiger partial charge in [-0.05, 0) is 47.5 Å². The Labute approximate surface area is 110 Å². The molecule has 1 aromatic carbocycles. The van der Waals surface area contributed by atoms with Crippen molar-refractivity contribution >= 4 is 26.0 Å². The summed E-state index contributed by atoms with van der Waals surface area (Å²) in [5, 5.41) is 8.60. The highest BCUT2D eigenvalue weighted by Crippen LogP contribution is 2.22. The third kappa shape index (κ3) is 3.80. The first-order chi connectivity index (χ1) is 7.86. The van der Waals surface area contributed by atoms with Gasteiger partial charge in [-0.25, -0.2) is 13.1 Å². The third-order valence-electron chi connectivity index (χ3n) is 2.18. The minimum atomic E-state index is -3.56. The van der Waals surface area contributed by atoms with Crippen LogP contribution in [0.1, 0.15) is 12.5 Å². The van der Waals surface area contributed by atoms with Crippen LogP contribution in [0.5, 0.6) is 0 Å². The van der Waals surface area contributed by atoms with Gasteiger partial charge < -0.3 is 0 Å². The number of hydrogen-bond donors (Lipinski definition) is 1. The van der Waals surface area contributed by atoms with Crippen molar-refractivity contribution in [1.29, 1.82) is 5.26 Å². The summed E-state index contributed by atoms with van der Waals surface area (Å²) in [5.41, 5.74) is 0.973. The van der Waals surface area contributed by atoms with E-state index in [-0.39, 0.29) is 17.4 Å². The van der Waals surface area contributed by atoms with Crippen molar-refractivity contribution in [1.82, 2.24) is 4.72 Å². The van der Waals surface area contributed by atoms with Crippen molar-refractivity contribution in [2.24, 2.45) is 5.92 Å². The van der Waals surface area contributed by atoms with Crippen LogP contribution in [0.15, 0.2) is 27.6 Å². The molecule has 1 atom stereocenters. The number of halogens is 1. The molecular formula is C11H13BrN2O2S. The summed E-state index contributed by atoms with van der Waals surface area (Å²) in [7, 11) is -3.56. The van der Waals surface area contributed by atoms with E-state index in [1.165, 1.54) is 0 Å². The number of rotatable bonds is 4. The lowest BCUT2D eigenvalue weighted by Crippen LogP contribution is -2.28. The topological polar surface area (TPSA) is 70.0 Å². The van der Waals surface area contributed by atoms with E-state index in [1.54, 1.807) is 25.1 Å². The summed E-state index contributed by atoms with van der Waals surface area (Å²) >= 11 is 3.22. The number of nitriles is 1. The second-order valence-electron chi connectivity index (χ2n) is 3.82. The van der Waals surface area contributed by atoms with E-state index in [1.807, 2.05) is 13.0 Å². The lowest BCUT2D eigenvalue weighted by atomic mass is 10.2. The fourth-order valence-corrected chi connectivity index (χ4v) is 3.50. The van der Waals surface area contributed by atoms with E-state index >= 15 is 0 Å². The largest absolute Gasteiger partial charge is 0.241 e. The monoisotopic (exact) mass is 316 g/mol. The fourth-order valence-electron chi connectivity index (χ4n) is 1.18. The Morgan fingerprint density at radius 3 is 2.71 bits per heavy atom. The van der Waals surface area contributed by atoms with Crippen LogP contribution in [0.2, 0.25) is 0 Å². The Hall–Kier alpha value is -0.900. The standard InChI is InChI=1S/C11H13BrN2O2S/c1-8-3-4-11(10(12)5-8)17(15,16)14-7-9(2)6-13/h3-5,9,14H,7H2,1-2H3. The van der Waals surface area contributed by atoms with Gasteiger partial charge in [0.25, 0.3) is 0 Å². The van der Waals surface area contributed by atoms with Gasteiger partial charge >= 0.3 is 0 Å². The van der Waals surface area contributed by atoms with Crippen LogP contribution in [0, 0.1) is 24.2 Å². The second-order valence-corrected chi connectivity index (χ2v) is 6.41. The molecule has 0 heterocycles. The van der Waals surface area contributed by atoms with Gasteiger partial charge in [0.1, 0.15) is 0 Å². The van der Waals surface area contributed by atoms with E-state index < -0.39 is 10.0 Å². The fraction of sp³-hybridized carbons (Fsp3) is 0.364. The molecule has 1 unspecified atom stereocenters. The molecule has 0 aliphatic heterocycles. The molecule has 1 rings (SSSR count). The average Bonchev–Trinajstić information content (AvgIpc) is 2.25. The maximum absolute atomic E-state index is 11.9. The summed E-state index contributed by atoms with van der Waals surface area (Å²) in [5.74, 6) is -0.353. The van der Waals surface area contributed by atoms with Gasteiger partial charge in [-0.2, -0.15) is 5.26 Å². The Morgan fingerprint density at radius 2 is 2.18 bits per heavy atom. The summed E-state index contributed by atoms with van der Waals surface area (Å²) in [4.78, 5) is 0.188. The normalized spacial score (nSPS) is 13.1. The highest BCUT2D eigenvalue weighted by molar-refractivity contribution is 9.10. The predicted molar refractivity (Wildman–Crippen MR) is 68.8 cm³/mol. The molecule has 0 aliphatic rings. The van der Waals surface area contributed by atoms with Crippen molar-refractivity contribution in [2.75, 3.05) is 6.54 Å². The van der Waals surface area contributed by atoms with E-state index in [9.17, 15) is 8.42 Å². The van der Waals surface area contributed by atoms with Gasteiger partial charge in [-0.3, -0.25) is 0 Å². The number of hydrogen-bond acceptors (Lipinski definition) is 3. The molecule has 0 radical (unpaired) electrons. The van der Waals surface area contributed by atoms with Crippen LogP contribution in [-0.4, -0.2) is 15.0 Å². The van der Waals surface area contributed by atoms with Crippen LogP contribution >= 0.6 is 15.9 Å². The van der Waals surface area contributed by atoms with Gasteiger partial charge in [-0.1, -0.05) is 6.07 Å². The molecule has 1 aromatic rings. The molecule has 4 nitrogen and oxygen atoms in total. The molecule has 0 aliphatic carbocycles. The minimum absolute atomic E-state index is 0.110. The van der Waals surface area contributed by atoms with Gasteiger partial charge in [0.2, 0.25) is 10.0 Å². The molecule has 6 heteroatoms. The van der Waals surface area contributed by atoms with Crippen molar-refractivity contribution in [3.8, 4) is 6.07 Å². The van der Waals surface area contributed by atoms with Crippen molar-refractivity contribution in [2.45, 2.75) is 18.7 Å². The highest BCUT2D eigenvalue weighted by Gasteiger charge is 2.17. The average molecular weight is 317 g/mol. The van der Waals surface area contributed by atoms with Crippen LogP contribution in [0.3, 0.4) is 0 Å². The molecule has 0 amide bonds. The number of sulfonamides is 1. The van der Waals surface area contributed by atoms with Crippen LogP contribution < -0.4 is 4.72 Å². The van der Waals surface area contributed by atoms with Crippen molar-refractivity contribution < 1.29 is 8.42 Å². The molecule has 0 aromatic heterocycles. The first-order valence-corrected chi connectivity index (χ1v) is 7.30. The Morgan fingerprint density at radius 1 is 1.53 bits per heavy atom. The van der Waals surface area contributed by atoms with Crippen molar-refractivity contribution in [3.63, 3.8) is 0 Å². The van der Waals surface area contributed by atoms with E-state index in [0.717, 1.165) is 5.56 Å². The molecule has 1 N–H and O–H groups in total. The third-order valence-corrected chi connectivity index (χ3v) is 4.58. The minimum Gasteiger partial charge on any atom is -0.210 e. The molecule has 0 saturated carbocycles. The Balaban J connectivity index is 2.95. The first kappa shape index (κ1) is 14.2. The Kier molecular flexibility index (Phi) is 4.69. The molecule has 0 spiro atoms. The van der Waals surface area contributed by atoms with E-state index in [2.05, 4.69) is 20.7 Å². The zero-order chi connectivity index (χ0) is 13.1. The number of nitrogens with zero attached hydrogens (tertiary/aromatic N) is 1. The summed E-state index contributed by atoms with van der Waals surface area (Å²) in [6.45, 7) is 3.65. The summed E-state index contributed by atoms with van der Waals surface area (Å²) < 4.78 is 26.8. The maximum atomic E-state index is 11.9. The second kappa shape index (κ2) is 5.63. The lowest BCUT2D eigenvalue weighted by Gasteiger charge is -2.09. The SMILES string of the molecule is Cc1ccc(S(=O)(=O)NCC(C)C#N)c(Br)c1. The lowest BCUT2D eigenvalue weighted by molar-refractivity contribution is 0.572. The predicted octanol–water partition coefficient (Wildman–Crippen LogP) is 2.20. The zero-order valence-corrected chi connectivity index (χ0v) is 12.0. The van der Waals surface area contributed by atoms with Crippen molar-refractivity contribution in [3.05, 3.63) is 28.2 Å². The van der Waals surface area contributed by atoms with Gasteiger partial charge in [0, 0.05) is 11.0 Å². The van der Waals surface area contributed by atoms with Gasteiger partial charge in [0.15, 0.2) is 0 Å². The maximum Gasteiger partial charge on any atom is 0.241 e. The van der Waals surface area contributed by atoms with E-state index in [0.29, 0.717) is 4.47 Å². The Bertz CT molecular complexity index is 549. The number of benzene rings is 1. The molecule has 17 heavy (non-hydrogen) atoms. The van der Waals surface area contributed by atoms with Crippen LogP contribution in [0.25, 0.3) is 0 Å². The van der Waals surface area contributed by atoms with Crippen LogP contribution in [0.4, 0.5) is 0 Å². The molecule has 92 valence electrons. The van der Waals surface area contributed by atoms with Gasteiger partial charge in [0.05, 0.1) is 16.9 Å². The smallest absolute Gasteiger partial charge is 0.210 e. The molecule has 0 bridgehead atoms. The summed E-state index contributed by atoms with van der Waals surface area (Å²) in [6, 6.07) is 6.98. The molecule has 0 saturated heterocycles. The van der Waals surface area contributed by atoms with Gasteiger partial charge in [-0.15, -0.1) is 0 Å². The van der Waals surface area contributed by atoms with Crippen LogP contribution in [-0.2, 0) is 10.0 Å². The molecule has 0 fully saturated rings. The number of aryl methyl sites for hydroxylation is 1. The molecular weight excluding hydrogens is 304 g/mol. The highest BCUT2D eigenvalue weighted by atomic mass is 79.9.